The lowest BCUT2D eigenvalue weighted by Crippen LogP contribution is -2.42. The Morgan fingerprint density at radius 2 is 1.92 bits per heavy atom. The zero-order valence-corrected chi connectivity index (χ0v) is 15.2. The van der Waals surface area contributed by atoms with E-state index in [1.165, 1.54) is 4.88 Å². The number of benzene rings is 1. The number of nitrogens with one attached hydrogen (secondary N) is 2. The summed E-state index contributed by atoms with van der Waals surface area (Å²) in [5.74, 6) is 2.44. The third-order valence-electron chi connectivity index (χ3n) is 3.42. The molecule has 2 aromatic rings. The Kier molecular flexibility index (Phi) is 7.42. The van der Waals surface area contributed by atoms with Crippen LogP contribution in [0.15, 0.2) is 46.8 Å². The fourth-order valence-corrected chi connectivity index (χ4v) is 2.86. The first-order chi connectivity index (χ1) is 11.7. The van der Waals surface area contributed by atoms with Crippen molar-refractivity contribution in [1.82, 2.24) is 10.6 Å². The van der Waals surface area contributed by atoms with E-state index in [1.807, 2.05) is 31.2 Å². The van der Waals surface area contributed by atoms with Crippen LogP contribution < -0.4 is 20.1 Å². The summed E-state index contributed by atoms with van der Waals surface area (Å²) in [6.45, 7) is 3.55. The minimum atomic E-state index is 0.0224. The number of methoxy groups -OCH3 is 1. The summed E-state index contributed by atoms with van der Waals surface area (Å²) in [4.78, 5) is 5.60. The highest BCUT2D eigenvalue weighted by molar-refractivity contribution is 7.09. The van der Waals surface area contributed by atoms with E-state index in [2.05, 4.69) is 33.1 Å². The lowest BCUT2D eigenvalue weighted by molar-refractivity contribution is 0.223. The Morgan fingerprint density at radius 3 is 2.54 bits per heavy atom. The molecule has 0 amide bonds. The fourth-order valence-electron chi connectivity index (χ4n) is 2.15. The topological polar surface area (TPSA) is 54.9 Å². The normalized spacial score (nSPS) is 12.5. The maximum Gasteiger partial charge on any atom is 0.191 e. The number of rotatable bonds is 8. The molecule has 0 spiro atoms. The van der Waals surface area contributed by atoms with E-state index in [-0.39, 0.29) is 6.10 Å². The van der Waals surface area contributed by atoms with Gasteiger partial charge in [-0.25, -0.2) is 0 Å². The molecule has 0 saturated carbocycles. The predicted octanol–water partition coefficient (Wildman–Crippen LogP) is 2.93. The van der Waals surface area contributed by atoms with Crippen molar-refractivity contribution in [3.63, 3.8) is 0 Å². The van der Waals surface area contributed by atoms with Gasteiger partial charge >= 0.3 is 0 Å². The average molecular weight is 347 g/mol. The van der Waals surface area contributed by atoms with Gasteiger partial charge in [-0.15, -0.1) is 11.3 Å². The van der Waals surface area contributed by atoms with E-state index in [4.69, 9.17) is 9.47 Å². The van der Waals surface area contributed by atoms with Crippen LogP contribution in [0.1, 0.15) is 11.8 Å². The van der Waals surface area contributed by atoms with Crippen LogP contribution in [0.2, 0.25) is 0 Å². The summed E-state index contributed by atoms with van der Waals surface area (Å²) in [7, 11) is 3.43. The SMILES string of the molecule is CN=C(NCCc1cccs1)NCC(C)Oc1ccc(OC)cc1. The summed E-state index contributed by atoms with van der Waals surface area (Å²) >= 11 is 1.78. The van der Waals surface area contributed by atoms with Crippen molar-refractivity contribution in [2.45, 2.75) is 19.4 Å². The van der Waals surface area contributed by atoms with Crippen LogP contribution in [0.5, 0.6) is 11.5 Å². The minimum absolute atomic E-state index is 0.0224. The van der Waals surface area contributed by atoms with Gasteiger partial charge in [-0.2, -0.15) is 0 Å². The molecule has 2 rings (SSSR count). The number of nitrogens with zero attached hydrogens (tertiary/aromatic N) is 1. The van der Waals surface area contributed by atoms with Gasteiger partial charge in [0.25, 0.3) is 0 Å². The summed E-state index contributed by atoms with van der Waals surface area (Å²) in [6, 6.07) is 11.8. The molecular weight excluding hydrogens is 322 g/mol. The molecule has 0 fully saturated rings. The molecule has 0 bridgehead atoms. The summed E-state index contributed by atoms with van der Waals surface area (Å²) < 4.78 is 11.0. The fraction of sp³-hybridized carbons (Fsp3) is 0.389. The standard InChI is InChI=1S/C18H25N3O2S/c1-14(23-16-8-6-15(22-3)7-9-16)13-21-18(19-2)20-11-10-17-5-4-12-24-17/h4-9,12,14H,10-11,13H2,1-3H3,(H2,19,20,21). The van der Waals surface area contributed by atoms with Crippen molar-refractivity contribution in [3.8, 4) is 11.5 Å². The van der Waals surface area contributed by atoms with Crippen LogP contribution in [0.4, 0.5) is 0 Å². The second kappa shape index (κ2) is 9.82. The van der Waals surface area contributed by atoms with Gasteiger partial charge in [-0.1, -0.05) is 6.07 Å². The van der Waals surface area contributed by atoms with Crippen molar-refractivity contribution in [1.29, 1.82) is 0 Å². The van der Waals surface area contributed by atoms with Gasteiger partial charge < -0.3 is 20.1 Å². The molecule has 0 aliphatic rings. The molecule has 1 heterocycles. The number of ether oxygens (including phenoxy) is 2. The number of hydrogen-bond acceptors (Lipinski definition) is 4. The number of thiophene rings is 1. The lowest BCUT2D eigenvalue weighted by atomic mass is 10.3. The molecule has 1 atom stereocenters. The first-order valence-electron chi connectivity index (χ1n) is 7.99. The van der Waals surface area contributed by atoms with Gasteiger partial charge in [0.05, 0.1) is 13.7 Å². The van der Waals surface area contributed by atoms with Gasteiger partial charge in [0.1, 0.15) is 17.6 Å². The highest BCUT2D eigenvalue weighted by atomic mass is 32.1. The maximum atomic E-state index is 5.87. The van der Waals surface area contributed by atoms with Gasteiger partial charge in [0.2, 0.25) is 0 Å². The van der Waals surface area contributed by atoms with Gasteiger partial charge in [-0.05, 0) is 49.1 Å². The zero-order chi connectivity index (χ0) is 17.2. The van der Waals surface area contributed by atoms with E-state index >= 15 is 0 Å². The molecule has 0 saturated heterocycles. The molecule has 2 N–H and O–H groups in total. The highest BCUT2D eigenvalue weighted by Crippen LogP contribution is 2.17. The molecule has 0 aliphatic carbocycles. The summed E-state index contributed by atoms with van der Waals surface area (Å²) in [5.41, 5.74) is 0. The second-order valence-electron chi connectivity index (χ2n) is 5.31. The van der Waals surface area contributed by atoms with Crippen molar-refractivity contribution in [3.05, 3.63) is 46.7 Å². The summed E-state index contributed by atoms with van der Waals surface area (Å²) in [6.07, 6.45) is 1.02. The number of aliphatic imine (C=N–C) groups is 1. The minimum Gasteiger partial charge on any atom is -0.497 e. The molecule has 130 valence electrons. The molecule has 1 unspecified atom stereocenters. The lowest BCUT2D eigenvalue weighted by Gasteiger charge is -2.18. The van der Waals surface area contributed by atoms with Crippen LogP contribution in [0.3, 0.4) is 0 Å². The molecule has 5 nitrogen and oxygen atoms in total. The smallest absolute Gasteiger partial charge is 0.191 e. The van der Waals surface area contributed by atoms with Crippen LogP contribution in [0.25, 0.3) is 0 Å². The average Bonchev–Trinajstić information content (AvgIpc) is 3.12. The van der Waals surface area contributed by atoms with Gasteiger partial charge in [0.15, 0.2) is 5.96 Å². The van der Waals surface area contributed by atoms with Crippen LogP contribution in [0, 0.1) is 0 Å². The van der Waals surface area contributed by atoms with E-state index in [0.717, 1.165) is 30.4 Å². The van der Waals surface area contributed by atoms with Crippen LogP contribution in [-0.4, -0.2) is 39.3 Å². The molecule has 6 heteroatoms. The van der Waals surface area contributed by atoms with Crippen LogP contribution >= 0.6 is 11.3 Å². The third-order valence-corrected chi connectivity index (χ3v) is 4.36. The molecule has 0 aliphatic heterocycles. The zero-order valence-electron chi connectivity index (χ0n) is 14.4. The Balaban J connectivity index is 1.69. The third kappa shape index (κ3) is 6.12. The van der Waals surface area contributed by atoms with Gasteiger partial charge in [0, 0.05) is 18.5 Å². The highest BCUT2D eigenvalue weighted by Gasteiger charge is 2.06. The monoisotopic (exact) mass is 347 g/mol. The number of hydrogen-bond donors (Lipinski definition) is 2. The van der Waals surface area contributed by atoms with E-state index in [0.29, 0.717) is 6.54 Å². The number of guanidine groups is 1. The Labute approximate surface area is 147 Å². The Bertz CT molecular complexity index is 612. The predicted molar refractivity (Wildman–Crippen MR) is 100 cm³/mol. The molecular formula is C18H25N3O2S. The Morgan fingerprint density at radius 1 is 1.17 bits per heavy atom. The van der Waals surface area contributed by atoms with Crippen molar-refractivity contribution in [2.75, 3.05) is 27.2 Å². The van der Waals surface area contributed by atoms with Crippen molar-refractivity contribution in [2.24, 2.45) is 4.99 Å². The molecule has 0 radical (unpaired) electrons. The van der Waals surface area contributed by atoms with Crippen molar-refractivity contribution < 1.29 is 9.47 Å². The first-order valence-corrected chi connectivity index (χ1v) is 8.87. The second-order valence-corrected chi connectivity index (χ2v) is 6.35. The van der Waals surface area contributed by atoms with Crippen molar-refractivity contribution >= 4 is 17.3 Å². The quantitative estimate of drug-likeness (QED) is 0.569. The van der Waals surface area contributed by atoms with E-state index < -0.39 is 0 Å². The van der Waals surface area contributed by atoms with Crippen LogP contribution in [-0.2, 0) is 6.42 Å². The van der Waals surface area contributed by atoms with Gasteiger partial charge in [-0.3, -0.25) is 4.99 Å². The maximum absolute atomic E-state index is 5.87. The molecule has 1 aromatic heterocycles. The Hall–Kier alpha value is -2.21. The largest absolute Gasteiger partial charge is 0.497 e. The first kappa shape index (κ1) is 18.1. The molecule has 24 heavy (non-hydrogen) atoms. The summed E-state index contributed by atoms with van der Waals surface area (Å²) in [5, 5.41) is 8.70. The molecule has 1 aromatic carbocycles. The van der Waals surface area contributed by atoms with E-state index in [1.54, 1.807) is 25.5 Å². The van der Waals surface area contributed by atoms with E-state index in [9.17, 15) is 0 Å².